The van der Waals surface area contributed by atoms with Crippen molar-refractivity contribution in [2.24, 2.45) is 5.73 Å². The molecule has 0 amide bonds. The van der Waals surface area contributed by atoms with Gasteiger partial charge in [-0.05, 0) is 31.6 Å². The zero-order valence-electron chi connectivity index (χ0n) is 11.2. The van der Waals surface area contributed by atoms with Gasteiger partial charge in [0.25, 0.3) is 0 Å². The third-order valence-electron chi connectivity index (χ3n) is 2.86. The average molecular weight is 255 g/mol. The monoisotopic (exact) mass is 255 g/mol. The average Bonchev–Trinajstić information content (AvgIpc) is 2.77. The molecule has 4 heteroatoms. The fourth-order valence-electron chi connectivity index (χ4n) is 1.63. The molecule has 2 unspecified atom stereocenters. The first-order valence-electron chi connectivity index (χ1n) is 6.54. The molecule has 0 saturated carbocycles. The van der Waals surface area contributed by atoms with E-state index in [4.69, 9.17) is 5.73 Å². The molecule has 0 fully saturated rings. The Morgan fingerprint density at radius 3 is 2.88 bits per heavy atom. The van der Waals surface area contributed by atoms with Crippen LogP contribution in [0.4, 0.5) is 0 Å². The molecule has 0 saturated heterocycles. The molecule has 0 spiro atoms. The van der Waals surface area contributed by atoms with Crippen LogP contribution < -0.4 is 5.73 Å². The van der Waals surface area contributed by atoms with Gasteiger partial charge in [0.15, 0.2) is 0 Å². The molecule has 0 aliphatic heterocycles. The maximum Gasteiger partial charge on any atom is 0.0640 e. The highest BCUT2D eigenvalue weighted by molar-refractivity contribution is 7.99. The normalized spacial score (nSPS) is 14.8. The Kier molecular flexibility index (Phi) is 6.66. The van der Waals surface area contributed by atoms with Gasteiger partial charge < -0.3 is 5.73 Å². The molecular weight excluding hydrogens is 230 g/mol. The van der Waals surface area contributed by atoms with Gasteiger partial charge in [-0.2, -0.15) is 16.9 Å². The van der Waals surface area contributed by atoms with Crippen LogP contribution in [-0.2, 0) is 6.42 Å². The van der Waals surface area contributed by atoms with Gasteiger partial charge in [0, 0.05) is 30.5 Å². The van der Waals surface area contributed by atoms with E-state index in [1.165, 1.54) is 12.2 Å². The van der Waals surface area contributed by atoms with Crippen LogP contribution >= 0.6 is 11.8 Å². The molecule has 0 aromatic carbocycles. The van der Waals surface area contributed by atoms with Crippen LogP contribution in [-0.4, -0.2) is 27.3 Å². The van der Waals surface area contributed by atoms with Crippen molar-refractivity contribution in [2.75, 3.05) is 11.5 Å². The van der Waals surface area contributed by atoms with Crippen LogP contribution in [0.15, 0.2) is 12.3 Å². The maximum atomic E-state index is 6.09. The summed E-state index contributed by atoms with van der Waals surface area (Å²) in [6.07, 6.45) is 5.29. The molecule has 1 rings (SSSR count). The van der Waals surface area contributed by atoms with Gasteiger partial charge in [0.2, 0.25) is 0 Å². The topological polar surface area (TPSA) is 43.8 Å². The molecule has 17 heavy (non-hydrogen) atoms. The van der Waals surface area contributed by atoms with Crippen molar-refractivity contribution in [3.05, 3.63) is 18.0 Å². The van der Waals surface area contributed by atoms with Crippen LogP contribution in [0.25, 0.3) is 0 Å². The van der Waals surface area contributed by atoms with Gasteiger partial charge in [-0.3, -0.25) is 4.68 Å². The minimum absolute atomic E-state index is 0.229. The number of thioether (sulfide) groups is 1. The molecule has 0 aliphatic rings. The summed E-state index contributed by atoms with van der Waals surface area (Å²) >= 11 is 1.94. The van der Waals surface area contributed by atoms with Gasteiger partial charge in [-0.25, -0.2) is 0 Å². The summed E-state index contributed by atoms with van der Waals surface area (Å²) in [5.74, 6) is 2.24. The van der Waals surface area contributed by atoms with Crippen molar-refractivity contribution in [1.82, 2.24) is 9.78 Å². The van der Waals surface area contributed by atoms with E-state index in [9.17, 15) is 0 Å². The van der Waals surface area contributed by atoms with E-state index < -0.39 is 0 Å². The van der Waals surface area contributed by atoms with Crippen LogP contribution in [0, 0.1) is 0 Å². The summed E-state index contributed by atoms with van der Waals surface area (Å²) in [5, 5.41) is 4.58. The van der Waals surface area contributed by atoms with E-state index in [2.05, 4.69) is 38.1 Å². The molecular formula is C13H25N3S. The second-order valence-electron chi connectivity index (χ2n) is 4.58. The molecule has 0 aliphatic carbocycles. The molecule has 2 atom stereocenters. The van der Waals surface area contributed by atoms with E-state index in [-0.39, 0.29) is 6.04 Å². The Hall–Kier alpha value is -0.480. The van der Waals surface area contributed by atoms with Crippen molar-refractivity contribution < 1.29 is 0 Å². The Morgan fingerprint density at radius 1 is 1.47 bits per heavy atom. The molecule has 1 heterocycles. The van der Waals surface area contributed by atoms with E-state index in [0.29, 0.717) is 6.04 Å². The number of hydrogen-bond acceptors (Lipinski definition) is 3. The standard InChI is InChI=1S/C13H25N3S/c1-4-8-17-10-12(14)9-13-6-7-16(15-13)11(3)5-2/h6-7,11-12H,4-5,8-10,14H2,1-3H3. The Bertz CT molecular complexity index is 311. The highest BCUT2D eigenvalue weighted by atomic mass is 32.2. The van der Waals surface area contributed by atoms with Gasteiger partial charge in [0.05, 0.1) is 5.69 Å². The first-order chi connectivity index (χ1) is 8.17. The highest BCUT2D eigenvalue weighted by Crippen LogP contribution is 2.11. The van der Waals surface area contributed by atoms with Gasteiger partial charge in [-0.1, -0.05) is 13.8 Å². The van der Waals surface area contributed by atoms with Crippen molar-refractivity contribution in [2.45, 2.75) is 52.1 Å². The number of aromatic nitrogens is 2. The van der Waals surface area contributed by atoms with E-state index in [1.807, 2.05) is 16.4 Å². The predicted molar refractivity (Wildman–Crippen MR) is 76.5 cm³/mol. The SMILES string of the molecule is CCCSCC(N)Cc1ccn(C(C)CC)n1. The Balaban J connectivity index is 2.37. The molecule has 98 valence electrons. The zero-order valence-corrected chi connectivity index (χ0v) is 12.0. The second-order valence-corrected chi connectivity index (χ2v) is 5.73. The van der Waals surface area contributed by atoms with Crippen LogP contribution in [0.1, 0.15) is 45.3 Å². The lowest BCUT2D eigenvalue weighted by molar-refractivity contribution is 0.472. The number of rotatable bonds is 8. The lowest BCUT2D eigenvalue weighted by Gasteiger charge is -2.10. The zero-order chi connectivity index (χ0) is 12.7. The van der Waals surface area contributed by atoms with E-state index in [0.717, 1.165) is 24.3 Å². The third kappa shape index (κ3) is 5.13. The largest absolute Gasteiger partial charge is 0.327 e. The summed E-state index contributed by atoms with van der Waals surface area (Å²) < 4.78 is 2.04. The molecule has 2 N–H and O–H groups in total. The van der Waals surface area contributed by atoms with Crippen molar-refractivity contribution in [1.29, 1.82) is 0 Å². The summed E-state index contributed by atoms with van der Waals surface area (Å²) in [7, 11) is 0. The number of nitrogens with two attached hydrogens (primary N) is 1. The summed E-state index contributed by atoms with van der Waals surface area (Å²) in [6, 6.07) is 2.80. The predicted octanol–water partition coefficient (Wildman–Crippen LogP) is 2.87. The van der Waals surface area contributed by atoms with Crippen LogP contribution in [0.5, 0.6) is 0 Å². The van der Waals surface area contributed by atoms with E-state index in [1.54, 1.807) is 0 Å². The maximum absolute atomic E-state index is 6.09. The van der Waals surface area contributed by atoms with E-state index >= 15 is 0 Å². The smallest absolute Gasteiger partial charge is 0.0640 e. The second kappa shape index (κ2) is 7.77. The Morgan fingerprint density at radius 2 is 2.24 bits per heavy atom. The highest BCUT2D eigenvalue weighted by Gasteiger charge is 2.08. The minimum atomic E-state index is 0.229. The van der Waals surface area contributed by atoms with Crippen LogP contribution in [0.2, 0.25) is 0 Å². The van der Waals surface area contributed by atoms with Crippen molar-refractivity contribution in [3.8, 4) is 0 Å². The molecule has 1 aromatic heterocycles. The fourth-order valence-corrected chi connectivity index (χ4v) is 2.50. The lowest BCUT2D eigenvalue weighted by atomic mass is 10.2. The van der Waals surface area contributed by atoms with Crippen LogP contribution in [0.3, 0.4) is 0 Å². The number of nitrogens with zero attached hydrogens (tertiary/aromatic N) is 2. The molecule has 3 nitrogen and oxygen atoms in total. The Labute approximate surface area is 109 Å². The molecule has 0 bridgehead atoms. The summed E-state index contributed by atoms with van der Waals surface area (Å²) in [4.78, 5) is 0. The lowest BCUT2D eigenvalue weighted by Crippen LogP contribution is -2.26. The quantitative estimate of drug-likeness (QED) is 0.726. The van der Waals surface area contributed by atoms with Crippen molar-refractivity contribution >= 4 is 11.8 Å². The third-order valence-corrected chi connectivity index (χ3v) is 4.22. The first kappa shape index (κ1) is 14.6. The fraction of sp³-hybridized carbons (Fsp3) is 0.769. The molecule has 1 aromatic rings. The first-order valence-corrected chi connectivity index (χ1v) is 7.70. The number of hydrogen-bond donors (Lipinski definition) is 1. The summed E-state index contributed by atoms with van der Waals surface area (Å²) in [6.45, 7) is 6.57. The van der Waals surface area contributed by atoms with Gasteiger partial charge in [-0.15, -0.1) is 0 Å². The minimum Gasteiger partial charge on any atom is -0.327 e. The van der Waals surface area contributed by atoms with Crippen molar-refractivity contribution in [3.63, 3.8) is 0 Å². The van der Waals surface area contributed by atoms with Gasteiger partial charge >= 0.3 is 0 Å². The van der Waals surface area contributed by atoms with Gasteiger partial charge in [0.1, 0.15) is 0 Å². The summed E-state index contributed by atoms with van der Waals surface area (Å²) in [5.41, 5.74) is 7.21. The molecule has 0 radical (unpaired) electrons.